The van der Waals surface area contributed by atoms with Crippen molar-refractivity contribution in [3.8, 4) is 0 Å². The molecule has 1 N–H and O–H groups in total. The lowest BCUT2D eigenvalue weighted by molar-refractivity contribution is 0.428. The average Bonchev–Trinajstić information content (AvgIpc) is 2.13. The van der Waals surface area contributed by atoms with E-state index in [1.54, 1.807) is 0 Å². The van der Waals surface area contributed by atoms with Crippen molar-refractivity contribution >= 4 is 0 Å². The Morgan fingerprint density at radius 3 is 2.54 bits per heavy atom. The van der Waals surface area contributed by atoms with Crippen LogP contribution in [0, 0.1) is 0 Å². The summed E-state index contributed by atoms with van der Waals surface area (Å²) in [6, 6.07) is 0.559. The fourth-order valence-electron chi connectivity index (χ4n) is 1.39. The van der Waals surface area contributed by atoms with Crippen molar-refractivity contribution in [2.75, 3.05) is 13.2 Å². The van der Waals surface area contributed by atoms with Gasteiger partial charge >= 0.3 is 0 Å². The van der Waals surface area contributed by atoms with Crippen molar-refractivity contribution in [2.45, 2.75) is 58.4 Å². The van der Waals surface area contributed by atoms with Crippen molar-refractivity contribution in [1.82, 2.24) is 5.32 Å². The largest absolute Gasteiger partial charge is 0.314 e. The summed E-state index contributed by atoms with van der Waals surface area (Å²) >= 11 is 0. The van der Waals surface area contributed by atoms with Gasteiger partial charge in [-0.3, -0.25) is 4.39 Å². The standard InChI is InChI=1S/C11H24FN/c1-3-4-5-6-8-11(2)13-10-7-9-12/h11,13H,3-10H2,1-2H3. The van der Waals surface area contributed by atoms with E-state index in [1.807, 2.05) is 0 Å². The zero-order chi connectivity index (χ0) is 9.94. The van der Waals surface area contributed by atoms with Crippen LogP contribution in [-0.2, 0) is 0 Å². The summed E-state index contributed by atoms with van der Waals surface area (Å²) in [5.74, 6) is 0. The monoisotopic (exact) mass is 189 g/mol. The van der Waals surface area contributed by atoms with Crippen LogP contribution in [0.4, 0.5) is 4.39 Å². The molecule has 2 heteroatoms. The van der Waals surface area contributed by atoms with Crippen LogP contribution in [0.5, 0.6) is 0 Å². The Morgan fingerprint density at radius 2 is 1.92 bits per heavy atom. The number of unbranched alkanes of at least 4 members (excludes halogenated alkanes) is 3. The smallest absolute Gasteiger partial charge is 0.0906 e. The van der Waals surface area contributed by atoms with Crippen LogP contribution in [-0.4, -0.2) is 19.3 Å². The summed E-state index contributed by atoms with van der Waals surface area (Å²) in [7, 11) is 0. The molecule has 0 aromatic heterocycles. The number of nitrogens with one attached hydrogen (secondary N) is 1. The van der Waals surface area contributed by atoms with Crippen molar-refractivity contribution in [3.05, 3.63) is 0 Å². The lowest BCUT2D eigenvalue weighted by Crippen LogP contribution is -2.27. The van der Waals surface area contributed by atoms with Crippen LogP contribution in [0.15, 0.2) is 0 Å². The highest BCUT2D eigenvalue weighted by Crippen LogP contribution is 2.04. The number of alkyl halides is 1. The molecule has 0 aliphatic rings. The topological polar surface area (TPSA) is 12.0 Å². The number of halogens is 1. The van der Waals surface area contributed by atoms with E-state index in [-0.39, 0.29) is 6.67 Å². The molecule has 0 fully saturated rings. The first-order valence-electron chi connectivity index (χ1n) is 5.60. The van der Waals surface area contributed by atoms with Crippen molar-refractivity contribution < 1.29 is 4.39 Å². The van der Waals surface area contributed by atoms with E-state index in [0.29, 0.717) is 12.5 Å². The first-order chi connectivity index (χ1) is 6.31. The molecule has 0 radical (unpaired) electrons. The maximum atomic E-state index is 11.8. The van der Waals surface area contributed by atoms with Crippen molar-refractivity contribution in [3.63, 3.8) is 0 Å². The summed E-state index contributed by atoms with van der Waals surface area (Å²) in [4.78, 5) is 0. The molecule has 0 aliphatic heterocycles. The Morgan fingerprint density at radius 1 is 1.15 bits per heavy atom. The number of hydrogen-bond acceptors (Lipinski definition) is 1. The van der Waals surface area contributed by atoms with E-state index in [0.717, 1.165) is 6.54 Å². The van der Waals surface area contributed by atoms with Crippen LogP contribution in [0.3, 0.4) is 0 Å². The third-order valence-corrected chi connectivity index (χ3v) is 2.29. The normalized spacial score (nSPS) is 13.2. The van der Waals surface area contributed by atoms with E-state index < -0.39 is 0 Å². The van der Waals surface area contributed by atoms with Gasteiger partial charge in [-0.05, 0) is 26.3 Å². The summed E-state index contributed by atoms with van der Waals surface area (Å²) in [6.07, 6.45) is 7.16. The molecule has 0 aliphatic carbocycles. The molecule has 0 amide bonds. The van der Waals surface area contributed by atoms with Gasteiger partial charge in [-0.15, -0.1) is 0 Å². The quantitative estimate of drug-likeness (QED) is 0.549. The maximum Gasteiger partial charge on any atom is 0.0906 e. The van der Waals surface area contributed by atoms with Gasteiger partial charge < -0.3 is 5.32 Å². The molecule has 0 aromatic carbocycles. The second-order valence-corrected chi connectivity index (χ2v) is 3.75. The van der Waals surface area contributed by atoms with E-state index in [2.05, 4.69) is 19.2 Å². The first-order valence-corrected chi connectivity index (χ1v) is 5.60. The molecule has 1 atom stereocenters. The highest BCUT2D eigenvalue weighted by molar-refractivity contribution is 4.60. The zero-order valence-electron chi connectivity index (χ0n) is 9.11. The van der Waals surface area contributed by atoms with Gasteiger partial charge in [0.1, 0.15) is 0 Å². The number of hydrogen-bond donors (Lipinski definition) is 1. The molecule has 1 nitrogen and oxygen atoms in total. The van der Waals surface area contributed by atoms with Crippen molar-refractivity contribution in [1.29, 1.82) is 0 Å². The minimum absolute atomic E-state index is 0.199. The second kappa shape index (κ2) is 9.97. The minimum atomic E-state index is -0.199. The summed E-state index contributed by atoms with van der Waals surface area (Å²) in [6.45, 7) is 5.04. The van der Waals surface area contributed by atoms with E-state index in [4.69, 9.17) is 0 Å². The second-order valence-electron chi connectivity index (χ2n) is 3.75. The predicted octanol–water partition coefficient (Wildman–Crippen LogP) is 3.29. The molecule has 0 saturated heterocycles. The lowest BCUT2D eigenvalue weighted by atomic mass is 10.1. The Balaban J connectivity index is 3.05. The summed E-state index contributed by atoms with van der Waals surface area (Å²) < 4.78 is 11.8. The molecular weight excluding hydrogens is 165 g/mol. The van der Waals surface area contributed by atoms with Gasteiger partial charge in [-0.2, -0.15) is 0 Å². The SMILES string of the molecule is CCCCCCC(C)NCCCF. The van der Waals surface area contributed by atoms with E-state index >= 15 is 0 Å². The Kier molecular flexibility index (Phi) is 9.89. The Bertz CT molecular complexity index is 96.1. The van der Waals surface area contributed by atoms with Gasteiger partial charge in [0.15, 0.2) is 0 Å². The molecule has 0 bridgehead atoms. The third kappa shape index (κ3) is 9.81. The van der Waals surface area contributed by atoms with E-state index in [9.17, 15) is 4.39 Å². The van der Waals surface area contributed by atoms with Crippen LogP contribution < -0.4 is 5.32 Å². The van der Waals surface area contributed by atoms with Gasteiger partial charge in [-0.1, -0.05) is 32.6 Å². The van der Waals surface area contributed by atoms with Crippen molar-refractivity contribution in [2.24, 2.45) is 0 Å². The molecule has 0 saturated carbocycles. The molecule has 80 valence electrons. The third-order valence-electron chi connectivity index (χ3n) is 2.29. The zero-order valence-corrected chi connectivity index (χ0v) is 9.11. The van der Waals surface area contributed by atoms with E-state index in [1.165, 1.54) is 32.1 Å². The molecule has 0 spiro atoms. The Labute approximate surface area is 82.1 Å². The van der Waals surface area contributed by atoms with Gasteiger partial charge in [-0.25, -0.2) is 0 Å². The molecule has 1 unspecified atom stereocenters. The molecule has 0 aromatic rings. The molecule has 0 rings (SSSR count). The summed E-state index contributed by atoms with van der Waals surface area (Å²) in [5.41, 5.74) is 0. The van der Waals surface area contributed by atoms with Gasteiger partial charge in [0, 0.05) is 6.04 Å². The Hall–Kier alpha value is -0.110. The average molecular weight is 189 g/mol. The number of rotatable bonds is 9. The van der Waals surface area contributed by atoms with Gasteiger partial charge in [0.25, 0.3) is 0 Å². The summed E-state index contributed by atoms with van der Waals surface area (Å²) in [5, 5.41) is 3.32. The predicted molar refractivity (Wildman–Crippen MR) is 56.8 cm³/mol. The minimum Gasteiger partial charge on any atom is -0.314 e. The van der Waals surface area contributed by atoms with Gasteiger partial charge in [0.2, 0.25) is 0 Å². The van der Waals surface area contributed by atoms with Gasteiger partial charge in [0.05, 0.1) is 6.67 Å². The maximum absolute atomic E-state index is 11.8. The molecule has 13 heavy (non-hydrogen) atoms. The van der Waals surface area contributed by atoms with Crippen LogP contribution in [0.1, 0.15) is 52.4 Å². The highest BCUT2D eigenvalue weighted by atomic mass is 19.1. The fourth-order valence-corrected chi connectivity index (χ4v) is 1.39. The van der Waals surface area contributed by atoms with Crippen LogP contribution in [0.2, 0.25) is 0 Å². The molecular formula is C11H24FN. The fraction of sp³-hybridized carbons (Fsp3) is 1.00. The van der Waals surface area contributed by atoms with Crippen LogP contribution >= 0.6 is 0 Å². The highest BCUT2D eigenvalue weighted by Gasteiger charge is 1.99. The molecule has 0 heterocycles. The first kappa shape index (κ1) is 12.9. The van der Waals surface area contributed by atoms with Crippen LogP contribution in [0.25, 0.3) is 0 Å². The lowest BCUT2D eigenvalue weighted by Gasteiger charge is -2.12.